The maximum Gasteiger partial charge on any atom is 0.216 e. The lowest BCUT2D eigenvalue weighted by Crippen LogP contribution is -2.27. The predicted molar refractivity (Wildman–Crippen MR) is 73.0 cm³/mol. The highest BCUT2D eigenvalue weighted by Gasteiger charge is 2.15. The number of anilines is 1. The third-order valence-electron chi connectivity index (χ3n) is 2.80. The van der Waals surface area contributed by atoms with Crippen LogP contribution in [-0.2, 0) is 4.79 Å². The quantitative estimate of drug-likeness (QED) is 0.633. The number of amides is 1. The minimum atomic E-state index is -0.501. The van der Waals surface area contributed by atoms with E-state index in [9.17, 15) is 14.0 Å². The molecule has 1 rings (SSSR count). The van der Waals surface area contributed by atoms with E-state index in [1.807, 2.05) is 4.90 Å². The summed E-state index contributed by atoms with van der Waals surface area (Å²) in [7, 11) is 1.80. The van der Waals surface area contributed by atoms with Crippen molar-refractivity contribution in [1.82, 2.24) is 5.32 Å². The molecule has 0 heterocycles. The number of hydrogen-bond donors (Lipinski definition) is 1. The maximum absolute atomic E-state index is 13.7. The molecule has 0 aromatic heterocycles. The van der Waals surface area contributed by atoms with Crippen molar-refractivity contribution in [3.05, 3.63) is 29.6 Å². The van der Waals surface area contributed by atoms with Gasteiger partial charge in [0.25, 0.3) is 0 Å². The fraction of sp³-hybridized carbons (Fsp3) is 0.429. The molecule has 0 aliphatic carbocycles. The first-order chi connectivity index (χ1) is 8.93. The lowest BCUT2D eigenvalue weighted by atomic mass is 10.1. The largest absolute Gasteiger partial charge is 0.374 e. The summed E-state index contributed by atoms with van der Waals surface area (Å²) in [4.78, 5) is 24.0. The zero-order chi connectivity index (χ0) is 14.4. The van der Waals surface area contributed by atoms with Gasteiger partial charge in [0, 0.05) is 27.1 Å². The second-order valence-corrected chi connectivity index (χ2v) is 4.45. The lowest BCUT2D eigenvalue weighted by molar-refractivity contribution is -0.118. The number of nitrogens with zero attached hydrogens (tertiary/aromatic N) is 1. The topological polar surface area (TPSA) is 49.4 Å². The molecule has 0 aliphatic heterocycles. The summed E-state index contributed by atoms with van der Waals surface area (Å²) in [6.07, 6.45) is 0.726. The van der Waals surface area contributed by atoms with E-state index in [4.69, 9.17) is 0 Å². The van der Waals surface area contributed by atoms with Gasteiger partial charge in [-0.2, -0.15) is 0 Å². The fourth-order valence-electron chi connectivity index (χ4n) is 1.88. The van der Waals surface area contributed by atoms with E-state index in [0.717, 1.165) is 6.42 Å². The summed E-state index contributed by atoms with van der Waals surface area (Å²) >= 11 is 0. The van der Waals surface area contributed by atoms with Gasteiger partial charge >= 0.3 is 0 Å². The van der Waals surface area contributed by atoms with Gasteiger partial charge in [-0.25, -0.2) is 4.39 Å². The van der Waals surface area contributed by atoms with Crippen LogP contribution in [0.5, 0.6) is 0 Å². The SMILES string of the molecule is CC(=O)NCCCN(C)c1cccc(F)c1C(C)=O. The highest BCUT2D eigenvalue weighted by molar-refractivity contribution is 6.00. The molecule has 0 saturated heterocycles. The lowest BCUT2D eigenvalue weighted by Gasteiger charge is -2.22. The zero-order valence-electron chi connectivity index (χ0n) is 11.5. The summed E-state index contributed by atoms with van der Waals surface area (Å²) in [6.45, 7) is 4.01. The van der Waals surface area contributed by atoms with E-state index in [2.05, 4.69) is 5.32 Å². The molecule has 104 valence electrons. The van der Waals surface area contributed by atoms with E-state index in [1.165, 1.54) is 19.9 Å². The third kappa shape index (κ3) is 4.35. The minimum Gasteiger partial charge on any atom is -0.374 e. The minimum absolute atomic E-state index is 0.0715. The van der Waals surface area contributed by atoms with Gasteiger partial charge in [0.05, 0.1) is 11.3 Å². The van der Waals surface area contributed by atoms with Crippen LogP contribution in [0.1, 0.15) is 30.6 Å². The molecule has 0 radical (unpaired) electrons. The van der Waals surface area contributed by atoms with Crippen molar-refractivity contribution in [2.24, 2.45) is 0 Å². The van der Waals surface area contributed by atoms with E-state index in [0.29, 0.717) is 18.8 Å². The number of ketones is 1. The van der Waals surface area contributed by atoms with E-state index < -0.39 is 5.82 Å². The van der Waals surface area contributed by atoms with Gasteiger partial charge in [0.1, 0.15) is 5.82 Å². The van der Waals surface area contributed by atoms with Gasteiger partial charge in [-0.3, -0.25) is 9.59 Å². The summed E-state index contributed by atoms with van der Waals surface area (Å²) in [5.41, 5.74) is 0.694. The van der Waals surface area contributed by atoms with E-state index in [1.54, 1.807) is 19.2 Å². The first-order valence-electron chi connectivity index (χ1n) is 6.18. The molecular weight excluding hydrogens is 247 g/mol. The van der Waals surface area contributed by atoms with Crippen molar-refractivity contribution >= 4 is 17.4 Å². The number of nitrogens with one attached hydrogen (secondary N) is 1. The molecule has 5 heteroatoms. The van der Waals surface area contributed by atoms with Crippen LogP contribution >= 0.6 is 0 Å². The Morgan fingerprint density at radius 2 is 2.00 bits per heavy atom. The average molecular weight is 266 g/mol. The van der Waals surface area contributed by atoms with Crippen LogP contribution in [0.15, 0.2) is 18.2 Å². The molecule has 0 spiro atoms. The summed E-state index contributed by atoms with van der Waals surface area (Å²) in [5, 5.41) is 2.69. The first-order valence-corrected chi connectivity index (χ1v) is 6.18. The van der Waals surface area contributed by atoms with Crippen LogP contribution in [0.25, 0.3) is 0 Å². The Balaban J connectivity index is 2.71. The number of carbonyl (C=O) groups is 2. The Hall–Kier alpha value is -1.91. The van der Waals surface area contributed by atoms with Gasteiger partial charge in [-0.1, -0.05) is 6.07 Å². The Labute approximate surface area is 112 Å². The Morgan fingerprint density at radius 1 is 1.32 bits per heavy atom. The van der Waals surface area contributed by atoms with Crippen LogP contribution in [0.4, 0.5) is 10.1 Å². The van der Waals surface area contributed by atoms with Gasteiger partial charge in [-0.15, -0.1) is 0 Å². The predicted octanol–water partition coefficient (Wildman–Crippen LogP) is 1.99. The van der Waals surface area contributed by atoms with Crippen LogP contribution in [0.3, 0.4) is 0 Å². The zero-order valence-corrected chi connectivity index (χ0v) is 11.5. The van der Waals surface area contributed by atoms with Gasteiger partial charge < -0.3 is 10.2 Å². The highest BCUT2D eigenvalue weighted by atomic mass is 19.1. The summed E-state index contributed by atoms with van der Waals surface area (Å²) in [5.74, 6) is -0.863. The molecule has 19 heavy (non-hydrogen) atoms. The van der Waals surface area contributed by atoms with Crippen molar-refractivity contribution in [3.63, 3.8) is 0 Å². The van der Waals surface area contributed by atoms with Crippen molar-refractivity contribution < 1.29 is 14.0 Å². The number of halogens is 1. The van der Waals surface area contributed by atoms with Gasteiger partial charge in [-0.05, 0) is 25.5 Å². The first kappa shape index (κ1) is 15.1. The number of rotatable bonds is 6. The number of Topliss-reactive ketones (excluding diaryl/α,β-unsaturated/α-hetero) is 1. The monoisotopic (exact) mass is 266 g/mol. The van der Waals surface area contributed by atoms with Crippen molar-refractivity contribution in [2.75, 3.05) is 25.0 Å². The normalized spacial score (nSPS) is 10.1. The molecule has 0 bridgehead atoms. The molecule has 1 amide bonds. The molecule has 0 saturated carbocycles. The maximum atomic E-state index is 13.7. The van der Waals surface area contributed by atoms with Crippen LogP contribution in [0, 0.1) is 5.82 Å². The van der Waals surface area contributed by atoms with Crippen LogP contribution in [0.2, 0.25) is 0 Å². The highest BCUT2D eigenvalue weighted by Crippen LogP contribution is 2.22. The molecule has 4 nitrogen and oxygen atoms in total. The molecular formula is C14H19FN2O2. The molecule has 0 aliphatic rings. The Kier molecular flexibility index (Phi) is 5.48. The Bertz CT molecular complexity index is 475. The number of hydrogen-bond acceptors (Lipinski definition) is 3. The second-order valence-electron chi connectivity index (χ2n) is 4.45. The molecule has 1 aromatic carbocycles. The van der Waals surface area contributed by atoms with Crippen molar-refractivity contribution in [2.45, 2.75) is 20.3 Å². The van der Waals surface area contributed by atoms with Crippen LogP contribution in [-0.4, -0.2) is 31.8 Å². The molecule has 0 atom stereocenters. The van der Waals surface area contributed by atoms with E-state index in [-0.39, 0.29) is 17.3 Å². The van der Waals surface area contributed by atoms with Gasteiger partial charge in [0.2, 0.25) is 5.91 Å². The van der Waals surface area contributed by atoms with E-state index >= 15 is 0 Å². The molecule has 1 N–H and O–H groups in total. The number of benzene rings is 1. The Morgan fingerprint density at radius 3 is 2.58 bits per heavy atom. The average Bonchev–Trinajstić information content (AvgIpc) is 2.33. The fourth-order valence-corrected chi connectivity index (χ4v) is 1.88. The summed E-state index contributed by atoms with van der Waals surface area (Å²) < 4.78 is 13.7. The van der Waals surface area contributed by atoms with Crippen LogP contribution < -0.4 is 10.2 Å². The third-order valence-corrected chi connectivity index (χ3v) is 2.80. The van der Waals surface area contributed by atoms with Gasteiger partial charge in [0.15, 0.2) is 5.78 Å². The smallest absolute Gasteiger partial charge is 0.216 e. The van der Waals surface area contributed by atoms with Crippen molar-refractivity contribution in [1.29, 1.82) is 0 Å². The van der Waals surface area contributed by atoms with Crippen molar-refractivity contribution in [3.8, 4) is 0 Å². The molecule has 1 aromatic rings. The standard InChI is InChI=1S/C14H19FN2O2/c1-10(18)14-12(15)6-4-7-13(14)17(3)9-5-8-16-11(2)19/h4,6-7H,5,8-9H2,1-3H3,(H,16,19). The number of carbonyl (C=O) groups excluding carboxylic acids is 2. The molecule has 0 fully saturated rings. The molecule has 0 unspecified atom stereocenters. The second kappa shape index (κ2) is 6.87. The summed E-state index contributed by atoms with van der Waals surface area (Å²) in [6, 6.07) is 4.59.